The normalized spacial score (nSPS) is 20.3. The van der Waals surface area contributed by atoms with E-state index in [0.717, 1.165) is 68.1 Å². The first-order valence-corrected chi connectivity index (χ1v) is 18.8. The second kappa shape index (κ2) is 14.6. The summed E-state index contributed by atoms with van der Waals surface area (Å²) in [6, 6.07) is 20.3. The van der Waals surface area contributed by atoms with Crippen LogP contribution in [0.3, 0.4) is 0 Å². The van der Waals surface area contributed by atoms with Crippen molar-refractivity contribution in [3.8, 4) is 5.82 Å². The Morgan fingerprint density at radius 2 is 1.76 bits per heavy atom. The highest BCUT2D eigenvalue weighted by molar-refractivity contribution is 6.00. The lowest BCUT2D eigenvalue weighted by Gasteiger charge is -2.36. The summed E-state index contributed by atoms with van der Waals surface area (Å²) >= 11 is 0. The van der Waals surface area contributed by atoms with Crippen molar-refractivity contribution < 1.29 is 14.7 Å². The third kappa shape index (κ3) is 6.80. The van der Waals surface area contributed by atoms with Crippen molar-refractivity contribution in [2.45, 2.75) is 63.5 Å². The molecule has 13 heteroatoms. The molecule has 2 aromatic carbocycles. The molecule has 0 spiro atoms. The van der Waals surface area contributed by atoms with Gasteiger partial charge in [0, 0.05) is 56.7 Å². The van der Waals surface area contributed by atoms with Crippen LogP contribution in [0.2, 0.25) is 0 Å². The Labute approximate surface area is 313 Å². The molecule has 8 rings (SSSR count). The zero-order valence-electron chi connectivity index (χ0n) is 30.5. The summed E-state index contributed by atoms with van der Waals surface area (Å²) in [6.07, 6.45) is 7.04. The number of piperidine rings is 1. The maximum Gasteiger partial charge on any atom is 0.278 e. The highest BCUT2D eigenvalue weighted by Gasteiger charge is 2.37. The quantitative estimate of drug-likeness (QED) is 0.133. The standard InChI is InChI=1S/C41H45N9O4/c1-3-20-49-39(53)33-26-42-40(46-37(33)50(49)34-15-9-29-17-19-41(54,4-2)36(29)44-34)43-30-10-12-31(13-11-30)48-24-22-47(23-25-48)21-18-27-5-7-28(8-6-27)32-14-16-35(51)45-38(32)52/h3,5-13,15,26,32,54H,1,4,14,16-25H2,2H3,(H,42,43,46)(H,45,51,52)/t32?,41-/m1/s1. The first-order valence-electron chi connectivity index (χ1n) is 18.8. The van der Waals surface area contributed by atoms with Crippen molar-refractivity contribution in [3.63, 3.8) is 0 Å². The van der Waals surface area contributed by atoms with Crippen LogP contribution in [0.4, 0.5) is 17.3 Å². The average Bonchev–Trinajstić information content (AvgIpc) is 3.67. The van der Waals surface area contributed by atoms with Gasteiger partial charge in [-0.3, -0.25) is 24.6 Å². The topological polar surface area (TPSA) is 151 Å². The molecule has 1 aliphatic carbocycles. The molecule has 3 N–H and O–H groups in total. The van der Waals surface area contributed by atoms with Gasteiger partial charge in [0.25, 0.3) is 5.56 Å². The lowest BCUT2D eigenvalue weighted by atomic mass is 9.90. The SMILES string of the molecule is C=CCn1c(=O)c2cnc(Nc3ccc(N4CCN(CCc5ccc(C6CCC(=O)NC6=O)cc5)CC4)cc3)nc2n1-c1ccc2c(n1)[C@@](O)(CC)CC2. The molecule has 5 heterocycles. The number of benzene rings is 2. The maximum atomic E-state index is 13.5. The van der Waals surface area contributed by atoms with Gasteiger partial charge in [-0.25, -0.2) is 19.3 Å². The van der Waals surface area contributed by atoms with Crippen molar-refractivity contribution in [1.82, 2.24) is 34.5 Å². The molecule has 3 aromatic heterocycles. The smallest absolute Gasteiger partial charge is 0.278 e. The lowest BCUT2D eigenvalue weighted by molar-refractivity contribution is -0.134. The minimum Gasteiger partial charge on any atom is -0.384 e. The van der Waals surface area contributed by atoms with Crippen LogP contribution >= 0.6 is 0 Å². The number of piperazine rings is 1. The van der Waals surface area contributed by atoms with E-state index in [1.165, 1.54) is 5.56 Å². The monoisotopic (exact) mass is 727 g/mol. The fraction of sp³-hybridized carbons (Fsp3) is 0.366. The summed E-state index contributed by atoms with van der Waals surface area (Å²) in [5.41, 5.74) is 5.04. The fourth-order valence-electron chi connectivity index (χ4n) is 7.94. The van der Waals surface area contributed by atoms with Crippen molar-refractivity contribution in [1.29, 1.82) is 0 Å². The first kappa shape index (κ1) is 35.4. The van der Waals surface area contributed by atoms with E-state index in [9.17, 15) is 19.5 Å². The van der Waals surface area contributed by atoms with E-state index in [-0.39, 0.29) is 29.8 Å². The van der Waals surface area contributed by atoms with Crippen molar-refractivity contribution >= 4 is 40.2 Å². The Morgan fingerprint density at radius 1 is 0.981 bits per heavy atom. The zero-order chi connectivity index (χ0) is 37.4. The van der Waals surface area contributed by atoms with Crippen LogP contribution in [0.1, 0.15) is 60.9 Å². The van der Waals surface area contributed by atoms with Crippen LogP contribution in [-0.2, 0) is 34.6 Å². The third-order valence-corrected chi connectivity index (χ3v) is 11.2. The summed E-state index contributed by atoms with van der Waals surface area (Å²) in [7, 11) is 0. The number of fused-ring (bicyclic) bond motifs is 2. The largest absolute Gasteiger partial charge is 0.384 e. The van der Waals surface area contributed by atoms with Gasteiger partial charge in [-0.05, 0) is 79.1 Å². The Balaban J connectivity index is 0.904. The summed E-state index contributed by atoms with van der Waals surface area (Å²) in [6.45, 7) is 10.8. The molecule has 0 bridgehead atoms. The number of nitrogens with one attached hydrogen (secondary N) is 2. The van der Waals surface area contributed by atoms with Crippen molar-refractivity contribution in [2.24, 2.45) is 0 Å². The number of aliphatic hydroxyl groups is 1. The zero-order valence-corrected chi connectivity index (χ0v) is 30.5. The van der Waals surface area contributed by atoms with E-state index >= 15 is 0 Å². The van der Waals surface area contributed by atoms with Crippen LogP contribution in [0, 0.1) is 0 Å². The average molecular weight is 728 g/mol. The van der Waals surface area contributed by atoms with E-state index in [1.807, 2.05) is 43.3 Å². The van der Waals surface area contributed by atoms with Crippen LogP contribution in [-0.4, -0.2) is 78.9 Å². The van der Waals surface area contributed by atoms with Gasteiger partial charge in [0.2, 0.25) is 17.8 Å². The van der Waals surface area contributed by atoms with Crippen LogP contribution in [0.15, 0.2) is 84.3 Å². The summed E-state index contributed by atoms with van der Waals surface area (Å²) in [5, 5.41) is 17.4. The van der Waals surface area contributed by atoms with E-state index in [1.54, 1.807) is 21.6 Å². The van der Waals surface area contributed by atoms with Gasteiger partial charge in [0.1, 0.15) is 11.0 Å². The Bertz CT molecular complexity index is 2270. The molecular formula is C41H45N9O4. The fourth-order valence-corrected chi connectivity index (χ4v) is 7.94. The molecule has 0 radical (unpaired) electrons. The number of aryl methyl sites for hydroxylation is 1. The molecule has 3 aliphatic rings. The number of carbonyl (C=O) groups is 2. The van der Waals surface area contributed by atoms with Gasteiger partial charge in [0.15, 0.2) is 11.5 Å². The second-order valence-corrected chi connectivity index (χ2v) is 14.5. The number of hydrogen-bond donors (Lipinski definition) is 3. The summed E-state index contributed by atoms with van der Waals surface area (Å²) in [5.74, 6) is 0.217. The Kier molecular flexibility index (Phi) is 9.59. The van der Waals surface area contributed by atoms with Gasteiger partial charge in [-0.2, -0.15) is 4.98 Å². The number of nitrogens with zero attached hydrogens (tertiary/aromatic N) is 7. The molecule has 5 aromatic rings. The molecule has 2 amide bonds. The number of aromatic nitrogens is 5. The predicted molar refractivity (Wildman–Crippen MR) is 207 cm³/mol. The van der Waals surface area contributed by atoms with Crippen LogP contribution < -0.4 is 21.1 Å². The van der Waals surface area contributed by atoms with Gasteiger partial charge >= 0.3 is 0 Å². The maximum absolute atomic E-state index is 13.5. The van der Waals surface area contributed by atoms with E-state index < -0.39 is 5.60 Å². The number of anilines is 3. The number of amides is 2. The van der Waals surface area contributed by atoms with Gasteiger partial charge in [0.05, 0.1) is 18.2 Å². The molecule has 2 saturated heterocycles. The number of imide groups is 1. The molecule has 1 unspecified atom stereocenters. The van der Waals surface area contributed by atoms with Crippen LogP contribution in [0.5, 0.6) is 0 Å². The highest BCUT2D eigenvalue weighted by atomic mass is 16.3. The van der Waals surface area contributed by atoms with Gasteiger partial charge < -0.3 is 15.3 Å². The molecule has 2 fully saturated rings. The molecule has 13 nitrogen and oxygen atoms in total. The summed E-state index contributed by atoms with van der Waals surface area (Å²) in [4.78, 5) is 56.2. The summed E-state index contributed by atoms with van der Waals surface area (Å²) < 4.78 is 3.24. The van der Waals surface area contributed by atoms with Crippen LogP contribution in [0.25, 0.3) is 16.9 Å². The number of hydrogen-bond acceptors (Lipinski definition) is 10. The predicted octanol–water partition coefficient (Wildman–Crippen LogP) is 4.34. The molecule has 0 saturated carbocycles. The molecule has 2 atom stereocenters. The van der Waals surface area contributed by atoms with Gasteiger partial charge in [-0.1, -0.05) is 43.3 Å². The Hall–Kier alpha value is -5.66. The minimum absolute atomic E-state index is 0.190. The molecule has 54 heavy (non-hydrogen) atoms. The first-order chi connectivity index (χ1) is 26.2. The minimum atomic E-state index is -0.990. The lowest BCUT2D eigenvalue weighted by Crippen LogP contribution is -2.47. The third-order valence-electron chi connectivity index (χ3n) is 11.2. The van der Waals surface area contributed by atoms with Crippen molar-refractivity contribution in [2.75, 3.05) is 42.9 Å². The number of rotatable bonds is 11. The Morgan fingerprint density at radius 3 is 2.48 bits per heavy atom. The van der Waals surface area contributed by atoms with Crippen molar-refractivity contribution in [3.05, 3.63) is 112 Å². The number of allylic oxidation sites excluding steroid dienone is 1. The highest BCUT2D eigenvalue weighted by Crippen LogP contribution is 2.38. The van der Waals surface area contributed by atoms with E-state index in [0.29, 0.717) is 54.2 Å². The van der Waals surface area contributed by atoms with E-state index in [4.69, 9.17) is 9.97 Å². The van der Waals surface area contributed by atoms with E-state index in [2.05, 4.69) is 56.3 Å². The number of carbonyl (C=O) groups excluding carboxylic acids is 2. The second-order valence-electron chi connectivity index (χ2n) is 14.5. The number of pyridine rings is 1. The molecule has 278 valence electrons. The molecule has 2 aliphatic heterocycles. The van der Waals surface area contributed by atoms with Gasteiger partial charge in [-0.15, -0.1) is 6.58 Å². The molecular weight excluding hydrogens is 683 g/mol.